The van der Waals surface area contributed by atoms with Crippen molar-refractivity contribution in [3.05, 3.63) is 71.1 Å². The fraction of sp³-hybridized carbons (Fsp3) is 0.417. The van der Waals surface area contributed by atoms with Crippen LogP contribution in [0.3, 0.4) is 0 Å². The Morgan fingerprint density at radius 3 is 2.70 bits per heavy atom. The topological polar surface area (TPSA) is 48.5 Å². The molecular weight excluding hydrogens is 396 g/mol. The molecule has 0 saturated carbocycles. The SMILES string of the molecule is CC(=O)/C(=C/NCCCN1CCCN(Cc2ccccc2Cl)CC1)c1cccnc1. The van der Waals surface area contributed by atoms with E-state index >= 15 is 0 Å². The zero-order valence-electron chi connectivity index (χ0n) is 17.7. The molecule has 30 heavy (non-hydrogen) atoms. The number of carbonyl (C=O) groups is 1. The van der Waals surface area contributed by atoms with Gasteiger partial charge in [-0.25, -0.2) is 0 Å². The Morgan fingerprint density at radius 2 is 1.93 bits per heavy atom. The quantitative estimate of drug-likeness (QED) is 0.487. The number of ketones is 1. The van der Waals surface area contributed by atoms with E-state index in [0.717, 1.165) is 62.8 Å². The minimum absolute atomic E-state index is 0.0432. The standard InChI is InChI=1S/C24H31ClN4O/c1-20(30)23(21-8-4-10-26-17-21)18-27-11-5-12-28-13-6-14-29(16-15-28)19-22-7-2-3-9-24(22)25/h2-4,7-10,17-18,27H,5-6,11-16,19H2,1H3/b23-18-. The summed E-state index contributed by atoms with van der Waals surface area (Å²) in [6.07, 6.45) is 7.48. The summed E-state index contributed by atoms with van der Waals surface area (Å²) in [6.45, 7) is 8.79. The molecule has 1 saturated heterocycles. The molecule has 0 aliphatic carbocycles. The molecule has 1 aromatic heterocycles. The smallest absolute Gasteiger partial charge is 0.161 e. The van der Waals surface area contributed by atoms with Crippen LogP contribution in [0, 0.1) is 0 Å². The van der Waals surface area contributed by atoms with Crippen molar-refractivity contribution in [2.24, 2.45) is 0 Å². The molecule has 160 valence electrons. The molecule has 0 radical (unpaired) electrons. The molecule has 0 amide bonds. The van der Waals surface area contributed by atoms with Gasteiger partial charge in [0.15, 0.2) is 5.78 Å². The van der Waals surface area contributed by atoms with E-state index in [0.29, 0.717) is 5.57 Å². The van der Waals surface area contributed by atoms with Crippen molar-refractivity contribution in [2.75, 3.05) is 39.3 Å². The maximum atomic E-state index is 11.9. The molecule has 0 unspecified atom stereocenters. The van der Waals surface area contributed by atoms with Gasteiger partial charge in [0.1, 0.15) is 0 Å². The molecule has 5 nitrogen and oxygen atoms in total. The maximum Gasteiger partial charge on any atom is 0.161 e. The van der Waals surface area contributed by atoms with E-state index in [4.69, 9.17) is 11.6 Å². The highest BCUT2D eigenvalue weighted by Crippen LogP contribution is 2.18. The van der Waals surface area contributed by atoms with Crippen molar-refractivity contribution >= 4 is 23.0 Å². The summed E-state index contributed by atoms with van der Waals surface area (Å²) >= 11 is 6.32. The number of Topliss-reactive ketones (excluding diaryl/α,β-unsaturated/α-hetero) is 1. The molecule has 0 bridgehead atoms. The molecule has 1 aromatic carbocycles. The summed E-state index contributed by atoms with van der Waals surface area (Å²) in [5.74, 6) is 0.0432. The van der Waals surface area contributed by atoms with Crippen LogP contribution in [-0.2, 0) is 11.3 Å². The van der Waals surface area contributed by atoms with Gasteiger partial charge < -0.3 is 10.2 Å². The number of aromatic nitrogens is 1. The van der Waals surface area contributed by atoms with Gasteiger partial charge in [0.05, 0.1) is 0 Å². The molecule has 2 heterocycles. The Labute approximate surface area is 184 Å². The lowest BCUT2D eigenvalue weighted by Gasteiger charge is -2.22. The summed E-state index contributed by atoms with van der Waals surface area (Å²) in [4.78, 5) is 21.0. The highest BCUT2D eigenvalue weighted by atomic mass is 35.5. The minimum atomic E-state index is 0.0432. The van der Waals surface area contributed by atoms with Gasteiger partial charge in [0.25, 0.3) is 0 Å². The van der Waals surface area contributed by atoms with Crippen molar-refractivity contribution in [3.8, 4) is 0 Å². The number of rotatable bonds is 9. The zero-order valence-corrected chi connectivity index (χ0v) is 18.4. The van der Waals surface area contributed by atoms with Crippen molar-refractivity contribution in [2.45, 2.75) is 26.3 Å². The lowest BCUT2D eigenvalue weighted by atomic mass is 10.1. The van der Waals surface area contributed by atoms with Gasteiger partial charge in [0.2, 0.25) is 0 Å². The van der Waals surface area contributed by atoms with E-state index < -0.39 is 0 Å². The fourth-order valence-corrected chi connectivity index (χ4v) is 3.96. The molecule has 1 aliphatic rings. The number of hydrogen-bond donors (Lipinski definition) is 1. The summed E-state index contributed by atoms with van der Waals surface area (Å²) in [7, 11) is 0. The molecule has 0 atom stereocenters. The third kappa shape index (κ3) is 6.94. The number of allylic oxidation sites excluding steroid dienone is 1. The number of nitrogens with one attached hydrogen (secondary N) is 1. The number of nitrogens with zero attached hydrogens (tertiary/aromatic N) is 3. The summed E-state index contributed by atoms with van der Waals surface area (Å²) in [5, 5.41) is 4.16. The Balaban J connectivity index is 1.40. The van der Waals surface area contributed by atoms with Crippen LogP contribution in [0.25, 0.3) is 5.57 Å². The summed E-state index contributed by atoms with van der Waals surface area (Å²) in [5.41, 5.74) is 2.73. The first kappa shape index (κ1) is 22.5. The Hall–Kier alpha value is -2.21. The van der Waals surface area contributed by atoms with Crippen LogP contribution >= 0.6 is 11.6 Å². The highest BCUT2D eigenvalue weighted by Gasteiger charge is 2.15. The molecule has 1 fully saturated rings. The van der Waals surface area contributed by atoms with Crippen molar-refractivity contribution in [1.29, 1.82) is 0 Å². The Kier molecular flexibility index (Phi) is 8.87. The summed E-state index contributed by atoms with van der Waals surface area (Å²) in [6, 6.07) is 11.9. The van der Waals surface area contributed by atoms with E-state index in [9.17, 15) is 4.79 Å². The second-order valence-electron chi connectivity index (χ2n) is 7.73. The van der Waals surface area contributed by atoms with Crippen LogP contribution in [0.15, 0.2) is 55.0 Å². The minimum Gasteiger partial charge on any atom is -0.390 e. The first-order valence-corrected chi connectivity index (χ1v) is 11.0. The second kappa shape index (κ2) is 11.8. The average Bonchev–Trinajstić information content (AvgIpc) is 2.98. The molecule has 2 aromatic rings. The summed E-state index contributed by atoms with van der Waals surface area (Å²) < 4.78 is 0. The second-order valence-corrected chi connectivity index (χ2v) is 8.13. The fourth-order valence-electron chi connectivity index (χ4n) is 3.76. The predicted octanol–water partition coefficient (Wildman–Crippen LogP) is 3.85. The monoisotopic (exact) mass is 426 g/mol. The van der Waals surface area contributed by atoms with Gasteiger partial charge in [-0.15, -0.1) is 0 Å². The number of pyridine rings is 1. The van der Waals surface area contributed by atoms with Crippen LogP contribution < -0.4 is 5.32 Å². The van der Waals surface area contributed by atoms with Crippen LogP contribution in [-0.4, -0.2) is 59.8 Å². The average molecular weight is 427 g/mol. The molecule has 3 rings (SSSR count). The third-order valence-corrected chi connectivity index (χ3v) is 5.80. The van der Waals surface area contributed by atoms with E-state index in [2.05, 4.69) is 32.2 Å². The van der Waals surface area contributed by atoms with Crippen molar-refractivity contribution in [3.63, 3.8) is 0 Å². The van der Waals surface area contributed by atoms with E-state index in [1.165, 1.54) is 12.0 Å². The number of hydrogen-bond acceptors (Lipinski definition) is 5. The van der Waals surface area contributed by atoms with Gasteiger partial charge in [-0.2, -0.15) is 0 Å². The predicted molar refractivity (Wildman–Crippen MR) is 123 cm³/mol. The molecule has 0 spiro atoms. The van der Waals surface area contributed by atoms with Crippen LogP contribution in [0.1, 0.15) is 30.9 Å². The van der Waals surface area contributed by atoms with Crippen LogP contribution in [0.4, 0.5) is 0 Å². The molecule has 1 aliphatic heterocycles. The molecular formula is C24H31ClN4O. The Morgan fingerprint density at radius 1 is 1.13 bits per heavy atom. The van der Waals surface area contributed by atoms with E-state index in [1.807, 2.05) is 30.5 Å². The first-order valence-electron chi connectivity index (χ1n) is 10.7. The normalized spacial score (nSPS) is 16.3. The van der Waals surface area contributed by atoms with Gasteiger partial charge in [-0.3, -0.25) is 14.7 Å². The first-order chi connectivity index (χ1) is 14.6. The molecule has 6 heteroatoms. The Bertz CT molecular complexity index is 840. The van der Waals surface area contributed by atoms with Crippen molar-refractivity contribution in [1.82, 2.24) is 20.1 Å². The van der Waals surface area contributed by atoms with E-state index in [-0.39, 0.29) is 5.78 Å². The van der Waals surface area contributed by atoms with Gasteiger partial charge in [-0.05, 0) is 57.1 Å². The maximum absolute atomic E-state index is 11.9. The van der Waals surface area contributed by atoms with Gasteiger partial charge in [-0.1, -0.05) is 35.9 Å². The van der Waals surface area contributed by atoms with E-state index in [1.54, 1.807) is 19.3 Å². The lowest BCUT2D eigenvalue weighted by molar-refractivity contribution is -0.111. The van der Waals surface area contributed by atoms with Crippen molar-refractivity contribution < 1.29 is 4.79 Å². The number of carbonyl (C=O) groups excluding carboxylic acids is 1. The highest BCUT2D eigenvalue weighted by molar-refractivity contribution is 6.31. The van der Waals surface area contributed by atoms with Gasteiger partial charge >= 0.3 is 0 Å². The number of halogens is 1. The lowest BCUT2D eigenvalue weighted by Crippen LogP contribution is -2.32. The van der Waals surface area contributed by atoms with Crippen LogP contribution in [0.5, 0.6) is 0 Å². The molecule has 1 N–H and O–H groups in total. The number of benzene rings is 1. The largest absolute Gasteiger partial charge is 0.390 e. The van der Waals surface area contributed by atoms with Gasteiger partial charge in [0, 0.05) is 60.9 Å². The third-order valence-electron chi connectivity index (χ3n) is 5.43. The zero-order chi connectivity index (χ0) is 21.2. The van der Waals surface area contributed by atoms with Crippen LogP contribution in [0.2, 0.25) is 5.02 Å².